The zero-order valence-corrected chi connectivity index (χ0v) is 20.4. The van der Waals surface area contributed by atoms with E-state index in [0.29, 0.717) is 36.6 Å². The molecule has 1 heterocycles. The molecule has 9 heteroatoms. The summed E-state index contributed by atoms with van der Waals surface area (Å²) in [5, 5.41) is 9.44. The number of ether oxygens (including phenoxy) is 1. The average Bonchev–Trinajstić information content (AvgIpc) is 2.70. The van der Waals surface area contributed by atoms with Crippen molar-refractivity contribution in [2.75, 3.05) is 53.0 Å². The van der Waals surface area contributed by atoms with E-state index < -0.39 is 0 Å². The molecule has 7 nitrogen and oxygen atoms in total. The van der Waals surface area contributed by atoms with Crippen LogP contribution in [0, 0.1) is 11.7 Å². The molecule has 170 valence electrons. The van der Waals surface area contributed by atoms with Gasteiger partial charge in [0.1, 0.15) is 5.82 Å². The Kier molecular flexibility index (Phi) is 12.9. The summed E-state index contributed by atoms with van der Waals surface area (Å²) in [7, 11) is 1.73. The summed E-state index contributed by atoms with van der Waals surface area (Å²) >= 11 is 0. The number of halogens is 2. The van der Waals surface area contributed by atoms with Crippen LogP contribution >= 0.6 is 24.0 Å². The molecule has 1 saturated heterocycles. The molecule has 0 aliphatic carbocycles. The number of carbonyl (C=O) groups excluding carboxylic acids is 1. The largest absolute Gasteiger partial charge is 0.379 e. The first kappa shape index (κ1) is 26.6. The van der Waals surface area contributed by atoms with Gasteiger partial charge in [-0.1, -0.05) is 26.0 Å². The summed E-state index contributed by atoms with van der Waals surface area (Å²) in [5.74, 6) is 0.764. The highest BCUT2D eigenvalue weighted by Crippen LogP contribution is 2.12. The van der Waals surface area contributed by atoms with Crippen molar-refractivity contribution in [3.8, 4) is 0 Å². The summed E-state index contributed by atoms with van der Waals surface area (Å²) in [6.07, 6.45) is 0.167. The number of hydrogen-bond acceptors (Lipinski definition) is 4. The molecule has 1 aliphatic rings. The molecule has 1 aliphatic heterocycles. The van der Waals surface area contributed by atoms with E-state index in [-0.39, 0.29) is 42.1 Å². The third-order valence-electron chi connectivity index (χ3n) is 4.98. The van der Waals surface area contributed by atoms with Crippen LogP contribution in [0.15, 0.2) is 29.3 Å². The minimum absolute atomic E-state index is 0. The molecule has 0 aromatic heterocycles. The zero-order chi connectivity index (χ0) is 21.1. The molecule has 1 fully saturated rings. The smallest absolute Gasteiger partial charge is 0.224 e. The summed E-state index contributed by atoms with van der Waals surface area (Å²) in [4.78, 5) is 18.7. The number of aliphatic imine (C=N–C) groups is 1. The second-order valence-corrected chi connectivity index (χ2v) is 7.50. The number of carbonyl (C=O) groups is 1. The van der Waals surface area contributed by atoms with Gasteiger partial charge < -0.3 is 20.7 Å². The molecular formula is C21H35FIN5O2. The van der Waals surface area contributed by atoms with Crippen LogP contribution in [0.3, 0.4) is 0 Å². The molecule has 0 saturated carbocycles. The van der Waals surface area contributed by atoms with E-state index in [1.807, 2.05) is 0 Å². The Balaban J connectivity index is 0.00000450. The average molecular weight is 535 g/mol. The van der Waals surface area contributed by atoms with Gasteiger partial charge >= 0.3 is 0 Å². The van der Waals surface area contributed by atoms with E-state index in [2.05, 4.69) is 39.7 Å². The Hall–Kier alpha value is -1.46. The Labute approximate surface area is 196 Å². The molecule has 1 aromatic carbocycles. The van der Waals surface area contributed by atoms with E-state index in [1.54, 1.807) is 19.2 Å². The Morgan fingerprint density at radius 3 is 2.53 bits per heavy atom. The number of rotatable bonds is 9. The van der Waals surface area contributed by atoms with Crippen LogP contribution in [0.2, 0.25) is 0 Å². The number of nitrogens with one attached hydrogen (secondary N) is 3. The van der Waals surface area contributed by atoms with Gasteiger partial charge in [-0.15, -0.1) is 24.0 Å². The lowest BCUT2D eigenvalue weighted by molar-refractivity contribution is -0.120. The fourth-order valence-electron chi connectivity index (χ4n) is 3.40. The van der Waals surface area contributed by atoms with E-state index in [4.69, 9.17) is 4.74 Å². The van der Waals surface area contributed by atoms with Gasteiger partial charge in [-0.05, 0) is 23.6 Å². The van der Waals surface area contributed by atoms with Crippen molar-refractivity contribution < 1.29 is 13.9 Å². The number of morpholine rings is 1. The number of benzene rings is 1. The Morgan fingerprint density at radius 1 is 1.20 bits per heavy atom. The van der Waals surface area contributed by atoms with Gasteiger partial charge in [-0.25, -0.2) is 4.39 Å². The van der Waals surface area contributed by atoms with Crippen LogP contribution in [-0.2, 0) is 16.0 Å². The van der Waals surface area contributed by atoms with Gasteiger partial charge in [0.15, 0.2) is 5.96 Å². The lowest BCUT2D eigenvalue weighted by Crippen LogP contribution is -2.53. The number of amides is 1. The second kappa shape index (κ2) is 14.5. The Morgan fingerprint density at radius 2 is 1.90 bits per heavy atom. The Bertz CT molecular complexity index is 669. The van der Waals surface area contributed by atoms with Crippen molar-refractivity contribution in [1.82, 2.24) is 20.9 Å². The maximum absolute atomic E-state index is 13.2. The number of guanidine groups is 1. The van der Waals surface area contributed by atoms with Gasteiger partial charge in [0.25, 0.3) is 0 Å². The maximum atomic E-state index is 13.2. The molecule has 3 N–H and O–H groups in total. The highest BCUT2D eigenvalue weighted by molar-refractivity contribution is 14.0. The normalized spacial score (nSPS) is 16.0. The van der Waals surface area contributed by atoms with Crippen molar-refractivity contribution in [1.29, 1.82) is 0 Å². The van der Waals surface area contributed by atoms with Crippen molar-refractivity contribution >= 4 is 35.8 Å². The quantitative estimate of drug-likeness (QED) is 0.194. The van der Waals surface area contributed by atoms with Crippen molar-refractivity contribution in [2.45, 2.75) is 26.3 Å². The zero-order valence-electron chi connectivity index (χ0n) is 18.1. The summed E-state index contributed by atoms with van der Waals surface area (Å²) in [6, 6.07) is 6.50. The molecule has 1 aromatic rings. The fraction of sp³-hybridized carbons (Fsp3) is 0.619. The lowest BCUT2D eigenvalue weighted by atomic mass is 10.0. The highest BCUT2D eigenvalue weighted by atomic mass is 127. The summed E-state index contributed by atoms with van der Waals surface area (Å²) in [5.41, 5.74) is 0.663. The molecule has 1 atom stereocenters. The lowest BCUT2D eigenvalue weighted by Gasteiger charge is -2.37. The first-order valence-corrected chi connectivity index (χ1v) is 10.3. The molecule has 0 bridgehead atoms. The molecule has 1 amide bonds. The standard InChI is InChI=1S/C21H34FN5O2.HI/c1-16(2)19(27-9-11-29-12-10-27)15-26-21(23-3)25-8-7-24-20(28)14-17-5-4-6-18(22)13-17;/h4-6,13,16,19H,7-12,14-15H2,1-3H3,(H,24,28)(H2,23,25,26);1H. The van der Waals surface area contributed by atoms with Crippen LogP contribution in [0.25, 0.3) is 0 Å². The molecule has 30 heavy (non-hydrogen) atoms. The van der Waals surface area contributed by atoms with Gasteiger partial charge in [0, 0.05) is 45.8 Å². The second-order valence-electron chi connectivity index (χ2n) is 7.50. The van der Waals surface area contributed by atoms with E-state index in [0.717, 1.165) is 32.8 Å². The molecule has 0 radical (unpaired) electrons. The molecule has 2 rings (SSSR count). The molecule has 0 spiro atoms. The van der Waals surface area contributed by atoms with E-state index in [9.17, 15) is 9.18 Å². The van der Waals surface area contributed by atoms with Crippen LogP contribution in [-0.4, -0.2) is 75.8 Å². The monoisotopic (exact) mass is 535 g/mol. The maximum Gasteiger partial charge on any atom is 0.224 e. The number of nitrogens with zero attached hydrogens (tertiary/aromatic N) is 2. The fourth-order valence-corrected chi connectivity index (χ4v) is 3.40. The first-order valence-electron chi connectivity index (χ1n) is 10.3. The third-order valence-corrected chi connectivity index (χ3v) is 4.98. The predicted molar refractivity (Wildman–Crippen MR) is 129 cm³/mol. The van der Waals surface area contributed by atoms with Gasteiger partial charge in [0.05, 0.1) is 19.6 Å². The van der Waals surface area contributed by atoms with Gasteiger partial charge in [0.2, 0.25) is 5.91 Å². The molecular weight excluding hydrogens is 500 g/mol. The third kappa shape index (κ3) is 9.57. The SMILES string of the molecule is CN=C(NCCNC(=O)Cc1cccc(F)c1)NCC(C(C)C)N1CCOCC1.I. The molecule has 1 unspecified atom stereocenters. The van der Waals surface area contributed by atoms with Crippen molar-refractivity contribution in [2.24, 2.45) is 10.9 Å². The van der Waals surface area contributed by atoms with E-state index in [1.165, 1.54) is 12.1 Å². The van der Waals surface area contributed by atoms with Crippen LogP contribution in [0.1, 0.15) is 19.4 Å². The summed E-state index contributed by atoms with van der Waals surface area (Å²) < 4.78 is 18.6. The van der Waals surface area contributed by atoms with Gasteiger partial charge in [-0.3, -0.25) is 14.7 Å². The van der Waals surface area contributed by atoms with Crippen LogP contribution in [0.4, 0.5) is 4.39 Å². The highest BCUT2D eigenvalue weighted by Gasteiger charge is 2.23. The van der Waals surface area contributed by atoms with Crippen LogP contribution in [0.5, 0.6) is 0 Å². The van der Waals surface area contributed by atoms with E-state index >= 15 is 0 Å². The minimum atomic E-state index is -0.330. The van der Waals surface area contributed by atoms with Crippen molar-refractivity contribution in [3.63, 3.8) is 0 Å². The topological polar surface area (TPSA) is 78.0 Å². The number of hydrogen-bond donors (Lipinski definition) is 3. The minimum Gasteiger partial charge on any atom is -0.379 e. The summed E-state index contributed by atoms with van der Waals surface area (Å²) in [6.45, 7) is 9.74. The predicted octanol–water partition coefficient (Wildman–Crippen LogP) is 1.62. The first-order chi connectivity index (χ1) is 14.0. The van der Waals surface area contributed by atoms with Crippen molar-refractivity contribution in [3.05, 3.63) is 35.6 Å². The van der Waals surface area contributed by atoms with Gasteiger partial charge in [-0.2, -0.15) is 0 Å². The van der Waals surface area contributed by atoms with Crippen LogP contribution < -0.4 is 16.0 Å².